The fourth-order valence-corrected chi connectivity index (χ4v) is 2.93. The number of amides is 1. The first-order valence-corrected chi connectivity index (χ1v) is 8.38. The predicted molar refractivity (Wildman–Crippen MR) is 90.4 cm³/mol. The van der Waals surface area contributed by atoms with Crippen molar-refractivity contribution in [2.24, 2.45) is 5.41 Å². The molecule has 118 valence electrons. The highest BCUT2D eigenvalue weighted by Crippen LogP contribution is 2.28. The number of hydrogen-bond donors (Lipinski definition) is 2. The van der Waals surface area contributed by atoms with Gasteiger partial charge in [-0.1, -0.05) is 29.8 Å². The Balaban J connectivity index is 2.37. The molecule has 0 aliphatic carbocycles. The van der Waals surface area contributed by atoms with Gasteiger partial charge in [-0.3, -0.25) is 4.79 Å². The summed E-state index contributed by atoms with van der Waals surface area (Å²) in [4.78, 5) is 11.8. The number of aliphatic hydroxyl groups excluding tert-OH is 1. The van der Waals surface area contributed by atoms with E-state index in [1.165, 1.54) is 0 Å². The number of nitrogens with one attached hydrogen (secondary N) is 1. The summed E-state index contributed by atoms with van der Waals surface area (Å²) in [5.41, 5.74) is -0.0312. The number of hydrogen-bond acceptors (Lipinski definition) is 3. The Bertz CT molecular complexity index is 478. The zero-order valence-corrected chi connectivity index (χ0v) is 15.5. The van der Waals surface area contributed by atoms with Gasteiger partial charge in [0.15, 0.2) is 6.61 Å². The lowest BCUT2D eigenvalue weighted by Gasteiger charge is -2.24. The van der Waals surface area contributed by atoms with Crippen molar-refractivity contribution in [3.05, 3.63) is 27.1 Å². The number of rotatable bonds is 8. The summed E-state index contributed by atoms with van der Waals surface area (Å²) in [5, 5.41) is 11.7. The van der Waals surface area contributed by atoms with Crippen LogP contribution < -0.4 is 10.1 Å². The first-order valence-electron chi connectivity index (χ1n) is 6.79. The number of ether oxygens (including phenoxy) is 1. The van der Waals surface area contributed by atoms with Crippen LogP contribution in [0, 0.1) is 5.41 Å². The van der Waals surface area contributed by atoms with Gasteiger partial charge in [0.05, 0.1) is 4.47 Å². The molecule has 0 saturated carbocycles. The minimum atomic E-state index is -0.151. The van der Waals surface area contributed by atoms with Gasteiger partial charge in [0.2, 0.25) is 0 Å². The molecular formula is C15H21Br2NO3. The molecule has 0 aromatic heterocycles. The zero-order chi connectivity index (χ0) is 15.9. The van der Waals surface area contributed by atoms with Gasteiger partial charge < -0.3 is 15.2 Å². The Morgan fingerprint density at radius 2 is 2.10 bits per heavy atom. The maximum absolute atomic E-state index is 11.8. The molecule has 1 aromatic carbocycles. The fourth-order valence-electron chi connectivity index (χ4n) is 1.77. The van der Waals surface area contributed by atoms with Crippen LogP contribution in [-0.4, -0.2) is 30.8 Å². The first kappa shape index (κ1) is 18.5. The van der Waals surface area contributed by atoms with E-state index in [9.17, 15) is 4.79 Å². The van der Waals surface area contributed by atoms with Crippen molar-refractivity contribution in [2.75, 3.05) is 19.8 Å². The van der Waals surface area contributed by atoms with E-state index in [4.69, 9.17) is 9.84 Å². The molecule has 1 amide bonds. The van der Waals surface area contributed by atoms with Crippen LogP contribution in [0.4, 0.5) is 0 Å². The topological polar surface area (TPSA) is 58.6 Å². The molecule has 0 fully saturated rings. The van der Waals surface area contributed by atoms with Crippen molar-refractivity contribution in [1.29, 1.82) is 0 Å². The Labute approximate surface area is 142 Å². The van der Waals surface area contributed by atoms with Gasteiger partial charge in [-0.2, -0.15) is 0 Å². The third kappa shape index (κ3) is 7.29. The Kier molecular flexibility index (Phi) is 7.70. The van der Waals surface area contributed by atoms with E-state index in [0.717, 1.165) is 21.8 Å². The number of carbonyl (C=O) groups excluding carboxylic acids is 1. The number of benzene rings is 1. The number of aliphatic hydroxyl groups is 1. The van der Waals surface area contributed by atoms with E-state index in [2.05, 4.69) is 51.0 Å². The van der Waals surface area contributed by atoms with E-state index >= 15 is 0 Å². The van der Waals surface area contributed by atoms with Crippen LogP contribution in [0.15, 0.2) is 27.1 Å². The fraction of sp³-hybridized carbons (Fsp3) is 0.533. The number of carbonyl (C=O) groups is 1. The summed E-state index contributed by atoms with van der Waals surface area (Å²) in [7, 11) is 0. The highest BCUT2D eigenvalue weighted by atomic mass is 79.9. The average Bonchev–Trinajstić information content (AvgIpc) is 2.42. The van der Waals surface area contributed by atoms with Crippen molar-refractivity contribution in [3.8, 4) is 5.75 Å². The first-order chi connectivity index (χ1) is 9.84. The van der Waals surface area contributed by atoms with E-state index in [1.54, 1.807) is 6.07 Å². The minimum Gasteiger partial charge on any atom is -0.483 e. The minimum absolute atomic E-state index is 0.0175. The van der Waals surface area contributed by atoms with Gasteiger partial charge in [-0.15, -0.1) is 0 Å². The zero-order valence-electron chi connectivity index (χ0n) is 12.3. The third-order valence-corrected chi connectivity index (χ3v) is 4.14. The quantitative estimate of drug-likeness (QED) is 0.673. The molecule has 0 saturated heterocycles. The molecular weight excluding hydrogens is 402 g/mol. The van der Waals surface area contributed by atoms with Crippen molar-refractivity contribution < 1.29 is 14.6 Å². The average molecular weight is 423 g/mol. The summed E-state index contributed by atoms with van der Waals surface area (Å²) >= 11 is 6.75. The smallest absolute Gasteiger partial charge is 0.257 e. The van der Waals surface area contributed by atoms with Crippen LogP contribution in [0.3, 0.4) is 0 Å². The SMILES string of the molecule is CC(C)(CCCO)CNC(=O)COc1ccc(Br)cc1Br. The molecule has 0 aliphatic rings. The second-order valence-electron chi connectivity index (χ2n) is 5.63. The normalized spacial score (nSPS) is 11.3. The van der Waals surface area contributed by atoms with Crippen molar-refractivity contribution in [1.82, 2.24) is 5.32 Å². The van der Waals surface area contributed by atoms with Gasteiger partial charge in [0, 0.05) is 17.6 Å². The summed E-state index contributed by atoms with van der Waals surface area (Å²) in [6.07, 6.45) is 1.61. The molecule has 0 bridgehead atoms. The van der Waals surface area contributed by atoms with Crippen LogP contribution >= 0.6 is 31.9 Å². The van der Waals surface area contributed by atoms with Gasteiger partial charge in [-0.05, 0) is 52.4 Å². The van der Waals surface area contributed by atoms with E-state index in [-0.39, 0.29) is 24.5 Å². The van der Waals surface area contributed by atoms with E-state index in [1.807, 2.05) is 12.1 Å². The van der Waals surface area contributed by atoms with Gasteiger partial charge in [0.1, 0.15) is 5.75 Å². The maximum Gasteiger partial charge on any atom is 0.257 e. The molecule has 0 heterocycles. The Morgan fingerprint density at radius 3 is 2.71 bits per heavy atom. The Hall–Kier alpha value is -0.590. The van der Waals surface area contributed by atoms with Crippen molar-refractivity contribution in [3.63, 3.8) is 0 Å². The van der Waals surface area contributed by atoms with Gasteiger partial charge in [0.25, 0.3) is 5.91 Å². The summed E-state index contributed by atoms with van der Waals surface area (Å²) in [6, 6.07) is 5.52. The lowest BCUT2D eigenvalue weighted by Crippen LogP contribution is -2.36. The summed E-state index contributed by atoms with van der Waals surface area (Å²) in [6.45, 7) is 4.86. The molecule has 6 heteroatoms. The second-order valence-corrected chi connectivity index (χ2v) is 7.40. The maximum atomic E-state index is 11.8. The van der Waals surface area contributed by atoms with Crippen LogP contribution in [0.5, 0.6) is 5.75 Å². The molecule has 0 aliphatic heterocycles. The summed E-state index contributed by atoms with van der Waals surface area (Å²) in [5.74, 6) is 0.481. The molecule has 1 rings (SSSR count). The van der Waals surface area contributed by atoms with E-state index in [0.29, 0.717) is 12.3 Å². The number of halogens is 2. The highest BCUT2D eigenvalue weighted by Gasteiger charge is 2.18. The van der Waals surface area contributed by atoms with E-state index < -0.39 is 0 Å². The molecule has 2 N–H and O–H groups in total. The highest BCUT2D eigenvalue weighted by molar-refractivity contribution is 9.11. The van der Waals surface area contributed by atoms with Crippen molar-refractivity contribution in [2.45, 2.75) is 26.7 Å². The Morgan fingerprint density at radius 1 is 1.38 bits per heavy atom. The van der Waals surface area contributed by atoms with Crippen molar-refractivity contribution >= 4 is 37.8 Å². The second kappa shape index (κ2) is 8.76. The molecule has 0 unspecified atom stereocenters. The summed E-state index contributed by atoms with van der Waals surface area (Å²) < 4.78 is 7.22. The third-order valence-electron chi connectivity index (χ3n) is 3.03. The largest absolute Gasteiger partial charge is 0.483 e. The lowest BCUT2D eigenvalue weighted by molar-refractivity contribution is -0.123. The molecule has 0 radical (unpaired) electrons. The molecule has 0 atom stereocenters. The molecule has 4 nitrogen and oxygen atoms in total. The predicted octanol–water partition coefficient (Wildman–Crippen LogP) is 3.51. The van der Waals surface area contributed by atoms with Gasteiger partial charge in [-0.25, -0.2) is 0 Å². The van der Waals surface area contributed by atoms with Crippen LogP contribution in [0.1, 0.15) is 26.7 Å². The monoisotopic (exact) mass is 421 g/mol. The molecule has 1 aromatic rings. The van der Waals surface area contributed by atoms with Gasteiger partial charge >= 0.3 is 0 Å². The van der Waals surface area contributed by atoms with Crippen LogP contribution in [-0.2, 0) is 4.79 Å². The molecule has 21 heavy (non-hydrogen) atoms. The standard InChI is InChI=1S/C15H21Br2NO3/c1-15(2,6-3-7-19)10-18-14(20)9-21-13-5-4-11(16)8-12(13)17/h4-5,8,19H,3,6-7,9-10H2,1-2H3,(H,18,20). The lowest BCUT2D eigenvalue weighted by atomic mass is 9.88. The molecule has 0 spiro atoms. The van der Waals surface area contributed by atoms with Crippen LogP contribution in [0.2, 0.25) is 0 Å². The van der Waals surface area contributed by atoms with Crippen LogP contribution in [0.25, 0.3) is 0 Å².